The minimum Gasteiger partial charge on any atom is -0.355 e. The second-order valence-electron chi connectivity index (χ2n) is 6.14. The van der Waals surface area contributed by atoms with Gasteiger partial charge in [-0.25, -0.2) is 9.97 Å². The molecule has 0 spiro atoms. The van der Waals surface area contributed by atoms with Gasteiger partial charge in [0.2, 0.25) is 0 Å². The van der Waals surface area contributed by atoms with Gasteiger partial charge in [-0.05, 0) is 92.5 Å². The molecule has 0 saturated heterocycles. The zero-order valence-electron chi connectivity index (χ0n) is 13.4. The van der Waals surface area contributed by atoms with Crippen molar-refractivity contribution < 1.29 is 0 Å². The molecule has 2 N–H and O–H groups in total. The Morgan fingerprint density at radius 1 is 0.577 bits per heavy atom. The van der Waals surface area contributed by atoms with Crippen LogP contribution in [0.2, 0.25) is 0 Å². The summed E-state index contributed by atoms with van der Waals surface area (Å²) in [6, 6.07) is 16.3. The van der Waals surface area contributed by atoms with Gasteiger partial charge < -0.3 is 9.97 Å². The smallest absolute Gasteiger partial charge is 0.0800 e. The molecule has 2 aliphatic heterocycles. The van der Waals surface area contributed by atoms with Gasteiger partial charge in [-0.2, -0.15) is 0 Å². The van der Waals surface area contributed by atoms with Crippen LogP contribution >= 0.6 is 31.9 Å². The SMILES string of the molecule is BrC1=Cc2cc3ccc(cc4nc(cc5ccc(cc1n2)[nH]5)C=C4Br)[nH]3. The van der Waals surface area contributed by atoms with Crippen LogP contribution < -0.4 is 0 Å². The molecule has 0 atom stereocenters. The predicted octanol–water partition coefficient (Wildman–Crippen LogP) is 6.10. The molecule has 4 nitrogen and oxygen atoms in total. The summed E-state index contributed by atoms with van der Waals surface area (Å²) in [5, 5.41) is 0. The van der Waals surface area contributed by atoms with E-state index in [1.807, 2.05) is 60.7 Å². The summed E-state index contributed by atoms with van der Waals surface area (Å²) in [6.07, 6.45) is 4.04. The molecule has 5 rings (SSSR count). The van der Waals surface area contributed by atoms with Crippen LogP contribution in [0.15, 0.2) is 48.5 Å². The first-order valence-corrected chi connectivity index (χ1v) is 9.64. The fourth-order valence-electron chi connectivity index (χ4n) is 3.02. The summed E-state index contributed by atoms with van der Waals surface area (Å²) < 4.78 is 1.94. The molecule has 3 aromatic heterocycles. The van der Waals surface area contributed by atoms with Gasteiger partial charge in [0, 0.05) is 31.0 Å². The second kappa shape index (κ2) is 6.07. The molecule has 0 radical (unpaired) electrons. The van der Waals surface area contributed by atoms with Gasteiger partial charge in [0.05, 0.1) is 22.8 Å². The van der Waals surface area contributed by atoms with Crippen molar-refractivity contribution in [3.05, 3.63) is 71.3 Å². The van der Waals surface area contributed by atoms with Crippen LogP contribution in [0.3, 0.4) is 0 Å². The van der Waals surface area contributed by atoms with Gasteiger partial charge in [0.25, 0.3) is 0 Å². The van der Waals surface area contributed by atoms with Crippen molar-refractivity contribution in [2.45, 2.75) is 0 Å². The Morgan fingerprint density at radius 2 is 0.962 bits per heavy atom. The van der Waals surface area contributed by atoms with E-state index >= 15 is 0 Å². The highest BCUT2D eigenvalue weighted by Gasteiger charge is 2.09. The van der Waals surface area contributed by atoms with E-state index in [2.05, 4.69) is 41.8 Å². The Balaban J connectivity index is 1.87. The second-order valence-corrected chi connectivity index (χ2v) is 7.85. The highest BCUT2D eigenvalue weighted by Crippen LogP contribution is 2.29. The number of aromatic amines is 2. The average molecular weight is 468 g/mol. The lowest BCUT2D eigenvalue weighted by atomic mass is 10.3. The van der Waals surface area contributed by atoms with Crippen molar-refractivity contribution in [2.24, 2.45) is 0 Å². The highest BCUT2D eigenvalue weighted by atomic mass is 79.9. The Kier molecular flexibility index (Phi) is 3.69. The first kappa shape index (κ1) is 15.8. The van der Waals surface area contributed by atoms with E-state index in [1.54, 1.807) is 0 Å². The van der Waals surface area contributed by atoms with Crippen LogP contribution in [0, 0.1) is 0 Å². The summed E-state index contributed by atoms with van der Waals surface area (Å²) in [6.45, 7) is 0. The Labute approximate surface area is 166 Å². The van der Waals surface area contributed by atoms with E-state index < -0.39 is 0 Å². The number of H-pyrrole nitrogens is 2. The van der Waals surface area contributed by atoms with Crippen molar-refractivity contribution in [2.75, 3.05) is 0 Å². The van der Waals surface area contributed by atoms with Crippen molar-refractivity contribution in [1.82, 2.24) is 19.9 Å². The molecule has 126 valence electrons. The van der Waals surface area contributed by atoms with Gasteiger partial charge in [0.15, 0.2) is 0 Å². The number of rotatable bonds is 0. The molecule has 5 heterocycles. The van der Waals surface area contributed by atoms with Gasteiger partial charge >= 0.3 is 0 Å². The number of halogens is 2. The van der Waals surface area contributed by atoms with Crippen molar-refractivity contribution in [3.63, 3.8) is 0 Å². The molecular weight excluding hydrogens is 456 g/mol. The molecule has 0 aromatic carbocycles. The lowest BCUT2D eigenvalue weighted by molar-refractivity contribution is 1.31. The molecule has 0 aliphatic carbocycles. The Hall–Kier alpha value is -2.44. The molecule has 0 amide bonds. The van der Waals surface area contributed by atoms with E-state index in [4.69, 9.17) is 9.97 Å². The van der Waals surface area contributed by atoms with Crippen LogP contribution in [0.4, 0.5) is 0 Å². The van der Waals surface area contributed by atoms with E-state index in [0.717, 1.165) is 53.8 Å². The topological polar surface area (TPSA) is 57.4 Å². The zero-order valence-corrected chi connectivity index (χ0v) is 16.6. The maximum Gasteiger partial charge on any atom is 0.0800 e. The summed E-state index contributed by atoms with van der Waals surface area (Å²) >= 11 is 7.20. The standard InChI is InChI=1S/C20H12Br2N4/c21-17-7-15-5-11-1-3-13(23-11)9-19-18(22)8-16(26-19)6-12-2-4-14(24-12)10-20(17)25-15/h1-10,23-24H. The largest absolute Gasteiger partial charge is 0.355 e. The quantitative estimate of drug-likeness (QED) is 0.419. The van der Waals surface area contributed by atoms with Gasteiger partial charge in [0.1, 0.15) is 0 Å². The third-order valence-electron chi connectivity index (χ3n) is 4.19. The average Bonchev–Trinajstić information content (AvgIpc) is 3.34. The van der Waals surface area contributed by atoms with Crippen molar-refractivity contribution in [3.8, 4) is 0 Å². The fourth-order valence-corrected chi connectivity index (χ4v) is 3.89. The number of nitrogens with one attached hydrogen (secondary N) is 2. The summed E-state index contributed by atoms with van der Waals surface area (Å²) in [5.41, 5.74) is 7.57. The molecule has 6 heteroatoms. The number of nitrogens with zero attached hydrogens (tertiary/aromatic N) is 2. The van der Waals surface area contributed by atoms with Gasteiger partial charge in [-0.1, -0.05) is 0 Å². The van der Waals surface area contributed by atoms with Crippen molar-refractivity contribution in [1.29, 1.82) is 0 Å². The van der Waals surface area contributed by atoms with Crippen LogP contribution in [-0.2, 0) is 0 Å². The molecule has 2 aliphatic rings. The molecule has 26 heavy (non-hydrogen) atoms. The van der Waals surface area contributed by atoms with Gasteiger partial charge in [-0.3, -0.25) is 0 Å². The summed E-state index contributed by atoms with van der Waals surface area (Å²) in [5.74, 6) is 0. The maximum absolute atomic E-state index is 4.69. The lowest BCUT2D eigenvalue weighted by Crippen LogP contribution is -1.76. The summed E-state index contributed by atoms with van der Waals surface area (Å²) in [4.78, 5) is 16.2. The van der Waals surface area contributed by atoms with E-state index in [1.165, 1.54) is 0 Å². The third kappa shape index (κ3) is 2.95. The zero-order chi connectivity index (χ0) is 17.7. The van der Waals surface area contributed by atoms with Crippen molar-refractivity contribution >= 4 is 75.0 Å². The highest BCUT2D eigenvalue weighted by molar-refractivity contribution is 9.15. The molecule has 8 bridgehead atoms. The molecule has 0 fully saturated rings. The molecule has 0 unspecified atom stereocenters. The lowest BCUT2D eigenvalue weighted by Gasteiger charge is -1.88. The number of hydrogen-bond donors (Lipinski definition) is 2. The Bertz CT molecular complexity index is 1160. The minimum absolute atomic E-state index is 0.895. The number of fused-ring (bicyclic) bond motifs is 8. The maximum atomic E-state index is 4.69. The van der Waals surface area contributed by atoms with Gasteiger partial charge in [-0.15, -0.1) is 0 Å². The Morgan fingerprint density at radius 3 is 1.38 bits per heavy atom. The van der Waals surface area contributed by atoms with Crippen LogP contribution in [0.5, 0.6) is 0 Å². The normalized spacial score (nSPS) is 13.5. The summed E-state index contributed by atoms with van der Waals surface area (Å²) in [7, 11) is 0. The predicted molar refractivity (Wildman–Crippen MR) is 115 cm³/mol. The molecule has 0 saturated carbocycles. The van der Waals surface area contributed by atoms with E-state index in [0.29, 0.717) is 0 Å². The van der Waals surface area contributed by atoms with Crippen LogP contribution in [-0.4, -0.2) is 19.9 Å². The van der Waals surface area contributed by atoms with E-state index in [-0.39, 0.29) is 0 Å². The number of hydrogen-bond acceptors (Lipinski definition) is 2. The third-order valence-corrected chi connectivity index (χ3v) is 5.46. The number of aromatic nitrogens is 4. The van der Waals surface area contributed by atoms with Crippen LogP contribution in [0.1, 0.15) is 22.8 Å². The minimum atomic E-state index is 0.895. The monoisotopic (exact) mass is 466 g/mol. The van der Waals surface area contributed by atoms with E-state index in [9.17, 15) is 0 Å². The first-order valence-electron chi connectivity index (χ1n) is 8.06. The fraction of sp³-hybridized carbons (Fsp3) is 0. The van der Waals surface area contributed by atoms with Crippen LogP contribution in [0.25, 0.3) is 43.2 Å². The first-order chi connectivity index (χ1) is 12.6. The molecule has 3 aromatic rings. The molecular formula is C20H12Br2N4.